The van der Waals surface area contributed by atoms with Gasteiger partial charge in [0, 0.05) is 5.41 Å². The molecule has 126 valence electrons. The van der Waals surface area contributed by atoms with Crippen LogP contribution in [-0.4, -0.2) is 16.8 Å². The molecule has 2 heteroatoms. The Labute approximate surface area is 140 Å². The first-order chi connectivity index (χ1) is 10.6. The van der Waals surface area contributed by atoms with E-state index in [9.17, 15) is 5.11 Å². The van der Waals surface area contributed by atoms with Crippen LogP contribution in [0.25, 0.3) is 0 Å². The topological polar surface area (TPSA) is 40.5 Å². The molecule has 0 saturated carbocycles. The standard InChI is InChI=1S/C11H16O.C10H14O/c1-9-4-6-10(7-5-9)11(2,3)8-12;1-8-4-6-9(7-5-8)10(2,3)11/h4-7,12H,8H2,1-3H3;4-7,11H,1-3H3. The molecule has 2 nitrogen and oxygen atoms in total. The minimum atomic E-state index is -0.715. The van der Waals surface area contributed by atoms with Gasteiger partial charge in [-0.25, -0.2) is 0 Å². The molecular formula is C21H30O2. The molecule has 0 aliphatic carbocycles. The van der Waals surface area contributed by atoms with E-state index in [0.29, 0.717) is 0 Å². The van der Waals surface area contributed by atoms with Gasteiger partial charge in [-0.2, -0.15) is 0 Å². The summed E-state index contributed by atoms with van der Waals surface area (Å²) in [5.74, 6) is 0. The lowest BCUT2D eigenvalue weighted by molar-refractivity contribution is 0.0786. The minimum absolute atomic E-state index is 0.117. The first-order valence-corrected chi connectivity index (χ1v) is 8.04. The van der Waals surface area contributed by atoms with Gasteiger partial charge in [0.2, 0.25) is 0 Å². The highest BCUT2D eigenvalue weighted by Crippen LogP contribution is 2.22. The third-order valence-electron chi connectivity index (χ3n) is 3.99. The molecule has 0 bridgehead atoms. The van der Waals surface area contributed by atoms with Crippen molar-refractivity contribution in [1.29, 1.82) is 0 Å². The largest absolute Gasteiger partial charge is 0.395 e. The first kappa shape index (κ1) is 19.4. The number of rotatable bonds is 3. The lowest BCUT2D eigenvalue weighted by Crippen LogP contribution is -2.21. The van der Waals surface area contributed by atoms with Crippen molar-refractivity contribution in [3.63, 3.8) is 0 Å². The summed E-state index contributed by atoms with van der Waals surface area (Å²) in [6.07, 6.45) is 0. The highest BCUT2D eigenvalue weighted by Gasteiger charge is 2.18. The summed E-state index contributed by atoms with van der Waals surface area (Å²) in [4.78, 5) is 0. The van der Waals surface area contributed by atoms with Crippen LogP contribution in [0.1, 0.15) is 49.9 Å². The van der Waals surface area contributed by atoms with E-state index in [1.807, 2.05) is 45.0 Å². The van der Waals surface area contributed by atoms with Gasteiger partial charge >= 0.3 is 0 Å². The molecule has 0 unspecified atom stereocenters. The fraction of sp³-hybridized carbons (Fsp3) is 0.429. The molecule has 2 aromatic carbocycles. The van der Waals surface area contributed by atoms with Gasteiger partial charge in [0.15, 0.2) is 0 Å². The molecule has 0 amide bonds. The summed E-state index contributed by atoms with van der Waals surface area (Å²) in [7, 11) is 0. The van der Waals surface area contributed by atoms with Crippen LogP contribution >= 0.6 is 0 Å². The number of benzene rings is 2. The van der Waals surface area contributed by atoms with E-state index in [1.165, 1.54) is 16.7 Å². The quantitative estimate of drug-likeness (QED) is 0.876. The van der Waals surface area contributed by atoms with Gasteiger partial charge in [-0.1, -0.05) is 73.5 Å². The lowest BCUT2D eigenvalue weighted by atomic mass is 9.85. The van der Waals surface area contributed by atoms with E-state index in [1.54, 1.807) is 13.8 Å². The molecule has 2 N–H and O–H groups in total. The van der Waals surface area contributed by atoms with E-state index in [4.69, 9.17) is 5.11 Å². The average Bonchev–Trinajstić information content (AvgIpc) is 2.48. The van der Waals surface area contributed by atoms with Crippen molar-refractivity contribution < 1.29 is 10.2 Å². The van der Waals surface area contributed by atoms with Gasteiger partial charge in [0.25, 0.3) is 0 Å². The summed E-state index contributed by atoms with van der Waals surface area (Å²) in [6, 6.07) is 16.2. The van der Waals surface area contributed by atoms with Crippen LogP contribution in [0.2, 0.25) is 0 Å². The maximum Gasteiger partial charge on any atom is 0.0840 e. The normalized spacial score (nSPS) is 11.7. The monoisotopic (exact) mass is 314 g/mol. The lowest BCUT2D eigenvalue weighted by Gasteiger charge is -2.22. The van der Waals surface area contributed by atoms with Crippen LogP contribution in [0.4, 0.5) is 0 Å². The van der Waals surface area contributed by atoms with Gasteiger partial charge in [-0.3, -0.25) is 0 Å². The van der Waals surface area contributed by atoms with Crippen LogP contribution in [0, 0.1) is 13.8 Å². The Kier molecular flexibility index (Phi) is 6.55. The zero-order chi connectivity index (χ0) is 17.7. The fourth-order valence-electron chi connectivity index (χ4n) is 2.06. The third-order valence-corrected chi connectivity index (χ3v) is 3.99. The zero-order valence-electron chi connectivity index (χ0n) is 15.2. The molecule has 0 spiro atoms. The Balaban J connectivity index is 0.000000231. The second kappa shape index (κ2) is 7.76. The molecule has 23 heavy (non-hydrogen) atoms. The molecule has 0 heterocycles. The highest BCUT2D eigenvalue weighted by molar-refractivity contribution is 5.27. The van der Waals surface area contributed by atoms with E-state index < -0.39 is 5.60 Å². The van der Waals surface area contributed by atoms with Gasteiger partial charge in [-0.15, -0.1) is 0 Å². The summed E-state index contributed by atoms with van der Waals surface area (Å²) in [6.45, 7) is 11.9. The smallest absolute Gasteiger partial charge is 0.0840 e. The second-order valence-corrected chi connectivity index (χ2v) is 7.33. The fourth-order valence-corrected chi connectivity index (χ4v) is 2.06. The van der Waals surface area contributed by atoms with Crippen molar-refractivity contribution >= 4 is 0 Å². The maximum absolute atomic E-state index is 9.58. The van der Waals surface area contributed by atoms with Gasteiger partial charge < -0.3 is 10.2 Å². The van der Waals surface area contributed by atoms with Crippen LogP contribution in [-0.2, 0) is 11.0 Å². The Hall–Kier alpha value is -1.64. The number of hydrogen-bond acceptors (Lipinski definition) is 2. The number of aliphatic hydroxyl groups is 2. The van der Waals surface area contributed by atoms with Crippen molar-refractivity contribution in [1.82, 2.24) is 0 Å². The molecule has 2 aromatic rings. The van der Waals surface area contributed by atoms with Crippen molar-refractivity contribution in [2.24, 2.45) is 0 Å². The molecule has 0 fully saturated rings. The molecule has 0 aliphatic heterocycles. The highest BCUT2D eigenvalue weighted by atomic mass is 16.3. The molecule has 0 atom stereocenters. The zero-order valence-corrected chi connectivity index (χ0v) is 15.2. The van der Waals surface area contributed by atoms with Gasteiger partial charge in [-0.05, 0) is 38.8 Å². The predicted molar refractivity (Wildman–Crippen MR) is 97.7 cm³/mol. The number of aryl methyl sites for hydroxylation is 2. The molecule has 2 rings (SSSR count). The van der Waals surface area contributed by atoms with Crippen molar-refractivity contribution in [3.05, 3.63) is 70.8 Å². The van der Waals surface area contributed by atoms with Crippen molar-refractivity contribution in [2.45, 2.75) is 52.6 Å². The van der Waals surface area contributed by atoms with Crippen LogP contribution < -0.4 is 0 Å². The summed E-state index contributed by atoms with van der Waals surface area (Å²) >= 11 is 0. The maximum atomic E-state index is 9.58. The molecule has 0 aromatic heterocycles. The van der Waals surface area contributed by atoms with Gasteiger partial charge in [0.1, 0.15) is 0 Å². The van der Waals surface area contributed by atoms with E-state index in [-0.39, 0.29) is 12.0 Å². The Morgan fingerprint density at radius 2 is 1.04 bits per heavy atom. The molecule has 0 radical (unpaired) electrons. The summed E-state index contributed by atoms with van der Waals surface area (Å²) in [5, 5.41) is 18.7. The van der Waals surface area contributed by atoms with Crippen molar-refractivity contribution in [3.8, 4) is 0 Å². The van der Waals surface area contributed by atoms with Crippen LogP contribution in [0.15, 0.2) is 48.5 Å². The number of hydrogen-bond donors (Lipinski definition) is 2. The molecule has 0 saturated heterocycles. The van der Waals surface area contributed by atoms with Crippen LogP contribution in [0.5, 0.6) is 0 Å². The summed E-state index contributed by atoms with van der Waals surface area (Å²) in [5.41, 5.74) is 3.80. The molecular weight excluding hydrogens is 284 g/mol. The van der Waals surface area contributed by atoms with E-state index in [2.05, 4.69) is 31.2 Å². The van der Waals surface area contributed by atoms with Crippen LogP contribution in [0.3, 0.4) is 0 Å². The SMILES string of the molecule is Cc1ccc(C(C)(C)CO)cc1.Cc1ccc(C(C)(C)O)cc1. The second-order valence-electron chi connectivity index (χ2n) is 7.33. The van der Waals surface area contributed by atoms with Gasteiger partial charge in [0.05, 0.1) is 12.2 Å². The number of aliphatic hydroxyl groups excluding tert-OH is 1. The van der Waals surface area contributed by atoms with E-state index in [0.717, 1.165) is 5.56 Å². The average molecular weight is 314 g/mol. The van der Waals surface area contributed by atoms with E-state index >= 15 is 0 Å². The minimum Gasteiger partial charge on any atom is -0.395 e. The molecule has 0 aliphatic rings. The summed E-state index contributed by atoms with van der Waals surface area (Å²) < 4.78 is 0. The third kappa shape index (κ3) is 6.17. The Bertz CT molecular complexity index is 587. The predicted octanol–water partition coefficient (Wildman–Crippen LogP) is 4.49. The Morgan fingerprint density at radius 1 is 0.696 bits per heavy atom. The first-order valence-electron chi connectivity index (χ1n) is 8.04. The Morgan fingerprint density at radius 3 is 1.35 bits per heavy atom. The van der Waals surface area contributed by atoms with Crippen molar-refractivity contribution in [2.75, 3.05) is 6.61 Å².